The molecule has 0 saturated heterocycles. The van der Waals surface area contributed by atoms with E-state index in [1.165, 1.54) is 25.7 Å². The standard InChI is InChI=1S/C32H30F8O/c1-17-2-4-18(5-3-17)19-6-8-20(9-7-19)21-12-26(34)30(27(35)13-21)32(39,40)41-23-10-11-24(25(33)16-23)22-14-28(36)31(38)29(37)15-22/h10-20H,2-9H2,1H3. The van der Waals surface area contributed by atoms with Gasteiger partial charge < -0.3 is 4.74 Å². The zero-order chi connectivity index (χ0) is 29.5. The van der Waals surface area contributed by atoms with Crippen molar-refractivity contribution in [3.63, 3.8) is 0 Å². The average Bonchev–Trinajstić information content (AvgIpc) is 2.91. The summed E-state index contributed by atoms with van der Waals surface area (Å²) in [4.78, 5) is 0. The maximum Gasteiger partial charge on any atom is 0.432 e. The number of alkyl halides is 2. The molecule has 0 radical (unpaired) electrons. The first kappa shape index (κ1) is 29.4. The lowest BCUT2D eigenvalue weighted by Crippen LogP contribution is -2.26. The van der Waals surface area contributed by atoms with Gasteiger partial charge in [0.1, 0.15) is 28.8 Å². The van der Waals surface area contributed by atoms with Crippen LogP contribution in [0.15, 0.2) is 42.5 Å². The number of hydrogen-bond acceptors (Lipinski definition) is 1. The van der Waals surface area contributed by atoms with Crippen LogP contribution < -0.4 is 4.74 Å². The van der Waals surface area contributed by atoms with Crippen molar-refractivity contribution in [3.8, 4) is 16.9 Å². The molecule has 0 aliphatic heterocycles. The highest BCUT2D eigenvalue weighted by atomic mass is 19.3. The van der Waals surface area contributed by atoms with Crippen molar-refractivity contribution in [2.24, 2.45) is 17.8 Å². The monoisotopic (exact) mass is 582 g/mol. The molecule has 0 unspecified atom stereocenters. The minimum Gasteiger partial charge on any atom is -0.429 e. The van der Waals surface area contributed by atoms with Gasteiger partial charge in [0.15, 0.2) is 17.5 Å². The maximum atomic E-state index is 15.0. The first-order valence-electron chi connectivity index (χ1n) is 13.9. The van der Waals surface area contributed by atoms with E-state index in [4.69, 9.17) is 0 Å². The summed E-state index contributed by atoms with van der Waals surface area (Å²) in [6, 6.07) is 5.14. The molecule has 3 aromatic carbocycles. The fraction of sp³-hybridized carbons (Fsp3) is 0.438. The molecule has 0 spiro atoms. The Morgan fingerprint density at radius 1 is 0.634 bits per heavy atom. The molecule has 5 rings (SSSR count). The lowest BCUT2D eigenvalue weighted by Gasteiger charge is -2.37. The van der Waals surface area contributed by atoms with Crippen LogP contribution in [0.5, 0.6) is 5.75 Å². The van der Waals surface area contributed by atoms with Crippen molar-refractivity contribution in [1.82, 2.24) is 0 Å². The highest BCUT2D eigenvalue weighted by Crippen LogP contribution is 2.45. The Labute approximate surface area is 233 Å². The van der Waals surface area contributed by atoms with E-state index in [0.29, 0.717) is 35.6 Å². The molecule has 1 nitrogen and oxygen atoms in total. The predicted octanol–water partition coefficient (Wildman–Crippen LogP) is 10.4. The number of benzene rings is 3. The van der Waals surface area contributed by atoms with E-state index in [9.17, 15) is 35.1 Å². The van der Waals surface area contributed by atoms with E-state index in [2.05, 4.69) is 11.7 Å². The molecule has 3 aromatic rings. The summed E-state index contributed by atoms with van der Waals surface area (Å²) in [6.45, 7) is 2.27. The molecule has 220 valence electrons. The van der Waals surface area contributed by atoms with E-state index < -0.39 is 57.9 Å². The molecule has 0 heterocycles. The molecule has 9 heteroatoms. The number of hydrogen-bond donors (Lipinski definition) is 0. The Morgan fingerprint density at radius 3 is 1.71 bits per heavy atom. The van der Waals surface area contributed by atoms with E-state index in [1.807, 2.05) is 0 Å². The molecule has 2 aliphatic carbocycles. The van der Waals surface area contributed by atoms with Gasteiger partial charge in [0.2, 0.25) is 0 Å². The molecule has 2 fully saturated rings. The number of ether oxygens (including phenoxy) is 1. The molecular formula is C32H30F8O. The molecule has 2 aliphatic rings. The van der Waals surface area contributed by atoms with Gasteiger partial charge in [-0.1, -0.05) is 19.8 Å². The minimum atomic E-state index is -4.50. The molecule has 0 atom stereocenters. The SMILES string of the molecule is CC1CCC(C2CCC(c3cc(F)c(C(F)(F)Oc4ccc(-c5cc(F)c(F)c(F)c5)c(F)c4)c(F)c3)CC2)CC1. The van der Waals surface area contributed by atoms with Crippen LogP contribution in [0.3, 0.4) is 0 Å². The number of halogens is 8. The Kier molecular flexibility index (Phi) is 8.35. The van der Waals surface area contributed by atoms with E-state index in [1.54, 1.807) is 0 Å². The highest BCUT2D eigenvalue weighted by Gasteiger charge is 2.42. The van der Waals surface area contributed by atoms with Crippen LogP contribution >= 0.6 is 0 Å². The molecule has 41 heavy (non-hydrogen) atoms. The molecule has 0 aromatic heterocycles. The quantitative estimate of drug-likeness (QED) is 0.208. The molecule has 0 bridgehead atoms. The summed E-state index contributed by atoms with van der Waals surface area (Å²) in [5.41, 5.74) is -2.08. The second-order valence-corrected chi connectivity index (χ2v) is 11.5. The van der Waals surface area contributed by atoms with E-state index in [0.717, 1.165) is 55.9 Å². The van der Waals surface area contributed by atoms with Crippen molar-refractivity contribution in [2.45, 2.75) is 70.3 Å². The van der Waals surface area contributed by atoms with Crippen LogP contribution in [0, 0.1) is 52.7 Å². The normalized spacial score (nSPS) is 23.4. The second kappa shape index (κ2) is 11.6. The Hall–Kier alpha value is -3.10. The topological polar surface area (TPSA) is 9.23 Å². The Balaban J connectivity index is 1.29. The van der Waals surface area contributed by atoms with E-state index in [-0.39, 0.29) is 11.5 Å². The van der Waals surface area contributed by atoms with Crippen molar-refractivity contribution in [1.29, 1.82) is 0 Å². The maximum absolute atomic E-state index is 15.0. The second-order valence-electron chi connectivity index (χ2n) is 11.5. The summed E-state index contributed by atoms with van der Waals surface area (Å²) in [5, 5.41) is 0. The summed E-state index contributed by atoms with van der Waals surface area (Å²) in [6.07, 6.45) is 3.71. The summed E-state index contributed by atoms with van der Waals surface area (Å²) in [7, 11) is 0. The van der Waals surface area contributed by atoms with Gasteiger partial charge in [-0.3, -0.25) is 0 Å². The molecule has 0 N–H and O–H groups in total. The summed E-state index contributed by atoms with van der Waals surface area (Å²) < 4.78 is 119. The number of rotatable bonds is 6. The summed E-state index contributed by atoms with van der Waals surface area (Å²) >= 11 is 0. The highest BCUT2D eigenvalue weighted by molar-refractivity contribution is 5.65. The summed E-state index contributed by atoms with van der Waals surface area (Å²) in [5.74, 6) is -7.93. The minimum absolute atomic E-state index is 0.135. The van der Waals surface area contributed by atoms with Crippen LogP contribution in [0.4, 0.5) is 35.1 Å². The third kappa shape index (κ3) is 6.24. The van der Waals surface area contributed by atoms with Gasteiger partial charge in [-0.2, -0.15) is 8.78 Å². The van der Waals surface area contributed by atoms with Gasteiger partial charge in [-0.15, -0.1) is 0 Å². The van der Waals surface area contributed by atoms with Gasteiger partial charge in [0.05, 0.1) is 0 Å². The van der Waals surface area contributed by atoms with Gasteiger partial charge >= 0.3 is 6.11 Å². The Bertz CT molecular complexity index is 1360. The van der Waals surface area contributed by atoms with Crippen molar-refractivity contribution in [3.05, 3.63) is 88.5 Å². The van der Waals surface area contributed by atoms with Gasteiger partial charge in [0.25, 0.3) is 0 Å². The zero-order valence-electron chi connectivity index (χ0n) is 22.4. The third-order valence-electron chi connectivity index (χ3n) is 8.81. The van der Waals surface area contributed by atoms with Crippen LogP contribution in [-0.2, 0) is 6.11 Å². The van der Waals surface area contributed by atoms with Crippen LogP contribution in [0.1, 0.15) is 75.3 Å². The fourth-order valence-electron chi connectivity index (χ4n) is 6.49. The largest absolute Gasteiger partial charge is 0.432 e. The third-order valence-corrected chi connectivity index (χ3v) is 8.81. The molecule has 0 amide bonds. The smallest absolute Gasteiger partial charge is 0.429 e. The van der Waals surface area contributed by atoms with Crippen molar-refractivity contribution in [2.75, 3.05) is 0 Å². The van der Waals surface area contributed by atoms with Crippen LogP contribution in [-0.4, -0.2) is 0 Å². The van der Waals surface area contributed by atoms with Gasteiger partial charge in [0, 0.05) is 11.6 Å². The van der Waals surface area contributed by atoms with Crippen molar-refractivity contribution < 1.29 is 39.9 Å². The first-order chi connectivity index (χ1) is 19.4. The molecule has 2 saturated carbocycles. The fourth-order valence-corrected chi connectivity index (χ4v) is 6.49. The van der Waals surface area contributed by atoms with Crippen molar-refractivity contribution >= 4 is 0 Å². The Morgan fingerprint density at radius 2 is 1.17 bits per heavy atom. The lowest BCUT2D eigenvalue weighted by atomic mass is 9.68. The lowest BCUT2D eigenvalue weighted by molar-refractivity contribution is -0.189. The zero-order valence-corrected chi connectivity index (χ0v) is 22.4. The van der Waals surface area contributed by atoms with Gasteiger partial charge in [-0.05, 0) is 110 Å². The van der Waals surface area contributed by atoms with Gasteiger partial charge in [-0.25, -0.2) is 26.3 Å². The predicted molar refractivity (Wildman–Crippen MR) is 138 cm³/mol. The van der Waals surface area contributed by atoms with Crippen LogP contribution in [0.2, 0.25) is 0 Å². The van der Waals surface area contributed by atoms with Crippen LogP contribution in [0.25, 0.3) is 11.1 Å². The first-order valence-corrected chi connectivity index (χ1v) is 13.9. The average molecular weight is 583 g/mol. The molecular weight excluding hydrogens is 552 g/mol. The van der Waals surface area contributed by atoms with E-state index >= 15 is 0 Å².